The molecule has 0 atom stereocenters. The van der Waals surface area contributed by atoms with Crippen LogP contribution in [0, 0.1) is 11.3 Å². The first kappa shape index (κ1) is 21.8. The highest BCUT2D eigenvalue weighted by atomic mass is 16.5. The Kier molecular flexibility index (Phi) is 8.51. The summed E-state index contributed by atoms with van der Waals surface area (Å²) in [7, 11) is 0. The zero-order valence-electron chi connectivity index (χ0n) is 16.6. The van der Waals surface area contributed by atoms with E-state index in [1.165, 1.54) is 6.07 Å². The molecular formula is C22H24N2O5. The topological polar surface area (TPSA) is 97.6 Å². The van der Waals surface area contributed by atoms with Crippen molar-refractivity contribution in [2.45, 2.75) is 26.7 Å². The Balaban J connectivity index is 1.95. The zero-order valence-corrected chi connectivity index (χ0v) is 16.6. The Morgan fingerprint density at radius 3 is 2.62 bits per heavy atom. The third-order valence-corrected chi connectivity index (χ3v) is 3.84. The fourth-order valence-electron chi connectivity index (χ4n) is 2.43. The summed E-state index contributed by atoms with van der Waals surface area (Å²) in [5.74, 6) is -0.132. The molecule has 29 heavy (non-hydrogen) atoms. The van der Waals surface area contributed by atoms with Gasteiger partial charge >= 0.3 is 5.97 Å². The first-order valence-electron chi connectivity index (χ1n) is 9.44. The van der Waals surface area contributed by atoms with E-state index in [0.717, 1.165) is 12.8 Å². The number of amides is 1. The lowest BCUT2D eigenvalue weighted by Gasteiger charge is -2.13. The molecule has 0 saturated heterocycles. The molecule has 7 nitrogen and oxygen atoms in total. The van der Waals surface area contributed by atoms with E-state index in [1.807, 2.05) is 13.0 Å². The molecule has 0 unspecified atom stereocenters. The van der Waals surface area contributed by atoms with Gasteiger partial charge in [0.05, 0.1) is 30.4 Å². The van der Waals surface area contributed by atoms with Gasteiger partial charge in [-0.1, -0.05) is 19.4 Å². The predicted octanol–water partition coefficient (Wildman–Crippen LogP) is 3.93. The van der Waals surface area contributed by atoms with E-state index in [1.54, 1.807) is 36.4 Å². The first-order chi connectivity index (χ1) is 14.1. The molecule has 0 saturated carbocycles. The van der Waals surface area contributed by atoms with Crippen LogP contribution in [0.4, 0.5) is 5.69 Å². The van der Waals surface area contributed by atoms with Crippen LogP contribution in [0.1, 0.15) is 42.6 Å². The second-order valence-corrected chi connectivity index (χ2v) is 6.11. The summed E-state index contributed by atoms with van der Waals surface area (Å²) in [6, 6.07) is 13.2. The second-order valence-electron chi connectivity index (χ2n) is 6.11. The van der Waals surface area contributed by atoms with Crippen LogP contribution in [0.25, 0.3) is 0 Å². The number of nitriles is 1. The normalized spacial score (nSPS) is 9.97. The Bertz CT molecular complexity index is 889. The molecule has 152 valence electrons. The number of ether oxygens (including phenoxy) is 3. The maximum Gasteiger partial charge on any atom is 0.338 e. The van der Waals surface area contributed by atoms with Crippen molar-refractivity contribution < 1.29 is 23.8 Å². The van der Waals surface area contributed by atoms with Gasteiger partial charge in [0, 0.05) is 5.69 Å². The summed E-state index contributed by atoms with van der Waals surface area (Å²) in [6.45, 7) is 4.45. The largest absolute Gasteiger partial charge is 0.490 e. The number of rotatable bonds is 10. The number of hydrogen-bond donors (Lipinski definition) is 1. The highest BCUT2D eigenvalue weighted by molar-refractivity contribution is 5.95. The Hall–Kier alpha value is -3.53. The van der Waals surface area contributed by atoms with Gasteiger partial charge in [0.1, 0.15) is 0 Å². The van der Waals surface area contributed by atoms with Gasteiger partial charge in [-0.05, 0) is 49.7 Å². The number of esters is 1. The number of benzene rings is 2. The minimum absolute atomic E-state index is 0.260. The highest BCUT2D eigenvalue weighted by Crippen LogP contribution is 2.29. The van der Waals surface area contributed by atoms with Crippen molar-refractivity contribution in [1.82, 2.24) is 0 Å². The number of hydrogen-bond acceptors (Lipinski definition) is 6. The quantitative estimate of drug-likeness (QED) is 0.483. The molecule has 0 bridgehead atoms. The van der Waals surface area contributed by atoms with E-state index < -0.39 is 18.5 Å². The molecule has 0 aliphatic carbocycles. The van der Waals surface area contributed by atoms with Crippen molar-refractivity contribution >= 4 is 17.6 Å². The monoisotopic (exact) mass is 396 g/mol. The van der Waals surface area contributed by atoms with E-state index in [4.69, 9.17) is 19.5 Å². The number of carbonyl (C=O) groups excluding carboxylic acids is 2. The van der Waals surface area contributed by atoms with Crippen LogP contribution in [-0.4, -0.2) is 31.7 Å². The summed E-state index contributed by atoms with van der Waals surface area (Å²) >= 11 is 0. The van der Waals surface area contributed by atoms with Crippen LogP contribution in [-0.2, 0) is 9.53 Å². The Morgan fingerprint density at radius 1 is 1.07 bits per heavy atom. The maximum atomic E-state index is 12.3. The second kappa shape index (κ2) is 11.3. The summed E-state index contributed by atoms with van der Waals surface area (Å²) in [4.78, 5) is 24.3. The number of nitrogens with one attached hydrogen (secondary N) is 1. The molecule has 1 amide bonds. The summed E-state index contributed by atoms with van der Waals surface area (Å²) < 4.78 is 16.3. The molecule has 0 aliphatic heterocycles. The fourth-order valence-corrected chi connectivity index (χ4v) is 2.43. The van der Waals surface area contributed by atoms with Crippen LogP contribution in [0.5, 0.6) is 11.5 Å². The molecule has 2 aromatic rings. The zero-order chi connectivity index (χ0) is 21.1. The van der Waals surface area contributed by atoms with Crippen LogP contribution in [0.2, 0.25) is 0 Å². The van der Waals surface area contributed by atoms with Gasteiger partial charge in [-0.3, -0.25) is 4.79 Å². The molecule has 0 spiro atoms. The van der Waals surface area contributed by atoms with E-state index in [9.17, 15) is 9.59 Å². The van der Waals surface area contributed by atoms with Crippen molar-refractivity contribution in [2.24, 2.45) is 0 Å². The molecule has 0 radical (unpaired) electrons. The molecule has 2 aromatic carbocycles. The van der Waals surface area contributed by atoms with Crippen molar-refractivity contribution in [3.05, 3.63) is 53.6 Å². The molecule has 0 aliphatic rings. The third-order valence-electron chi connectivity index (χ3n) is 3.84. The lowest BCUT2D eigenvalue weighted by molar-refractivity contribution is -0.119. The van der Waals surface area contributed by atoms with Crippen LogP contribution < -0.4 is 14.8 Å². The number of nitrogens with zero attached hydrogens (tertiary/aromatic N) is 1. The lowest BCUT2D eigenvalue weighted by Crippen LogP contribution is -2.21. The minimum Gasteiger partial charge on any atom is -0.490 e. The fraction of sp³-hybridized carbons (Fsp3) is 0.318. The average molecular weight is 396 g/mol. The third kappa shape index (κ3) is 6.85. The van der Waals surface area contributed by atoms with Crippen molar-refractivity contribution in [3.8, 4) is 17.6 Å². The van der Waals surface area contributed by atoms with Gasteiger partial charge in [-0.25, -0.2) is 4.79 Å². The molecule has 0 heterocycles. The number of anilines is 1. The smallest absolute Gasteiger partial charge is 0.338 e. The summed E-state index contributed by atoms with van der Waals surface area (Å²) in [6.07, 6.45) is 1.93. The van der Waals surface area contributed by atoms with Crippen molar-refractivity contribution in [3.63, 3.8) is 0 Å². The van der Waals surface area contributed by atoms with Gasteiger partial charge in [0.2, 0.25) is 0 Å². The van der Waals surface area contributed by atoms with Crippen molar-refractivity contribution in [1.29, 1.82) is 5.26 Å². The molecule has 1 N–H and O–H groups in total. The van der Waals surface area contributed by atoms with Gasteiger partial charge in [-0.2, -0.15) is 5.26 Å². The van der Waals surface area contributed by atoms with E-state index in [2.05, 4.69) is 12.2 Å². The van der Waals surface area contributed by atoms with Crippen molar-refractivity contribution in [2.75, 3.05) is 25.1 Å². The highest BCUT2D eigenvalue weighted by Gasteiger charge is 2.14. The first-order valence-corrected chi connectivity index (χ1v) is 9.44. The molecular weight excluding hydrogens is 372 g/mol. The van der Waals surface area contributed by atoms with Gasteiger partial charge in [0.25, 0.3) is 5.91 Å². The molecule has 7 heteroatoms. The Labute approximate surface area is 170 Å². The van der Waals surface area contributed by atoms with Crippen LogP contribution in [0.15, 0.2) is 42.5 Å². The molecule has 0 aromatic heterocycles. The maximum absolute atomic E-state index is 12.3. The Morgan fingerprint density at radius 2 is 1.90 bits per heavy atom. The molecule has 2 rings (SSSR count). The summed E-state index contributed by atoms with van der Waals surface area (Å²) in [5.41, 5.74) is 1.14. The van der Waals surface area contributed by atoms with Gasteiger partial charge in [0.15, 0.2) is 18.1 Å². The predicted molar refractivity (Wildman–Crippen MR) is 108 cm³/mol. The van der Waals surface area contributed by atoms with Crippen LogP contribution in [0.3, 0.4) is 0 Å². The minimum atomic E-state index is -0.646. The van der Waals surface area contributed by atoms with E-state index in [0.29, 0.717) is 36.0 Å². The standard InChI is InChI=1S/C22H24N2O5/c1-3-5-11-28-19-10-9-17(13-20(19)27-4-2)22(26)29-15-21(25)24-18-8-6-7-16(12-18)14-23/h6-10,12-13H,3-5,11,15H2,1-2H3,(H,24,25). The molecule has 0 fully saturated rings. The number of carbonyl (C=O) groups is 2. The van der Waals surface area contributed by atoms with Gasteiger partial charge in [-0.15, -0.1) is 0 Å². The number of unbranched alkanes of at least 4 members (excludes halogenated alkanes) is 1. The van der Waals surface area contributed by atoms with E-state index in [-0.39, 0.29) is 5.56 Å². The van der Waals surface area contributed by atoms with Crippen LogP contribution >= 0.6 is 0 Å². The summed E-state index contributed by atoms with van der Waals surface area (Å²) in [5, 5.41) is 11.5. The lowest BCUT2D eigenvalue weighted by atomic mass is 10.2. The van der Waals surface area contributed by atoms with Gasteiger partial charge < -0.3 is 19.5 Å². The SMILES string of the molecule is CCCCOc1ccc(C(=O)OCC(=O)Nc2cccc(C#N)c2)cc1OCC. The van der Waals surface area contributed by atoms with E-state index >= 15 is 0 Å². The average Bonchev–Trinajstić information content (AvgIpc) is 2.73.